The molecule has 0 radical (unpaired) electrons. The van der Waals surface area contributed by atoms with E-state index in [4.69, 9.17) is 21.9 Å². The average Bonchev–Trinajstić information content (AvgIpc) is 2.18. The van der Waals surface area contributed by atoms with Gasteiger partial charge < -0.3 is 9.42 Å². The Labute approximate surface area is 98.7 Å². The molecule has 0 rings (SSSR count). The van der Waals surface area contributed by atoms with Crippen LogP contribution in [0.4, 0.5) is 0 Å². The van der Waals surface area contributed by atoms with Crippen molar-refractivity contribution in [2.45, 2.75) is 34.1 Å². The molecule has 2 N–H and O–H groups in total. The predicted molar refractivity (Wildman–Crippen MR) is 64.0 cm³/mol. The standard InChI is InChI=1S/C6H14.C3H6ClN2O2P/c1-5(2)6(3)4;4-6-9(7)8-3-1-2-5/h5-6H,1-4H3;6-7H,1,3H2. The van der Waals surface area contributed by atoms with Gasteiger partial charge in [0, 0.05) is 0 Å². The summed E-state index contributed by atoms with van der Waals surface area (Å²) in [4.78, 5) is 8.57. The van der Waals surface area contributed by atoms with Gasteiger partial charge in [-0.25, -0.2) is 0 Å². The zero-order chi connectivity index (χ0) is 12.3. The van der Waals surface area contributed by atoms with E-state index < -0.39 is 8.53 Å². The first-order valence-electron chi connectivity index (χ1n) is 4.80. The molecule has 0 heterocycles. The summed E-state index contributed by atoms with van der Waals surface area (Å²) in [7, 11) is -1.73. The molecule has 0 aliphatic carbocycles. The highest BCUT2D eigenvalue weighted by molar-refractivity contribution is 7.45. The van der Waals surface area contributed by atoms with Crippen LogP contribution >= 0.6 is 20.3 Å². The molecule has 15 heavy (non-hydrogen) atoms. The van der Waals surface area contributed by atoms with E-state index in [0.717, 1.165) is 11.8 Å². The molecule has 4 nitrogen and oxygen atoms in total. The summed E-state index contributed by atoms with van der Waals surface area (Å²) >= 11 is 4.95. The molecular weight excluding hydrogens is 235 g/mol. The fourth-order valence-electron chi connectivity index (χ4n) is 0.202. The maximum atomic E-state index is 8.57. The third kappa shape index (κ3) is 16.7. The molecule has 0 bridgehead atoms. The summed E-state index contributed by atoms with van der Waals surface area (Å²) < 4.78 is 6.57. The Morgan fingerprint density at radius 3 is 2.13 bits per heavy atom. The number of nitrogens with zero attached hydrogens (tertiary/aromatic N) is 1. The van der Waals surface area contributed by atoms with Gasteiger partial charge in [-0.3, -0.25) is 0 Å². The Kier molecular flexibility index (Phi) is 14.2. The lowest BCUT2D eigenvalue weighted by Crippen LogP contribution is -1.95. The van der Waals surface area contributed by atoms with Gasteiger partial charge in [0.1, 0.15) is 0 Å². The number of hydrogen-bond donors (Lipinski definition) is 2. The molecule has 0 aromatic rings. The first-order chi connectivity index (χ1) is 6.95. The Morgan fingerprint density at radius 2 is 1.87 bits per heavy atom. The van der Waals surface area contributed by atoms with Gasteiger partial charge in [0.25, 0.3) is 8.53 Å². The van der Waals surface area contributed by atoms with Crippen molar-refractivity contribution in [2.75, 3.05) is 6.61 Å². The quantitative estimate of drug-likeness (QED) is 0.449. The van der Waals surface area contributed by atoms with E-state index in [-0.39, 0.29) is 13.0 Å². The number of rotatable bonds is 5. The van der Waals surface area contributed by atoms with E-state index in [9.17, 15) is 0 Å². The minimum Gasteiger partial charge on any atom is -0.337 e. The average molecular weight is 255 g/mol. The molecule has 0 amide bonds. The highest BCUT2D eigenvalue weighted by Crippen LogP contribution is 2.25. The van der Waals surface area contributed by atoms with Gasteiger partial charge in [0.05, 0.1) is 19.1 Å². The lowest BCUT2D eigenvalue weighted by Gasteiger charge is -2.05. The zero-order valence-electron chi connectivity index (χ0n) is 9.70. The van der Waals surface area contributed by atoms with Gasteiger partial charge in [-0.05, 0) is 23.6 Å². The lowest BCUT2D eigenvalue weighted by atomic mass is 10.0. The van der Waals surface area contributed by atoms with E-state index in [1.54, 1.807) is 0 Å². The van der Waals surface area contributed by atoms with Crippen LogP contribution in [0.3, 0.4) is 0 Å². The summed E-state index contributed by atoms with van der Waals surface area (Å²) in [6, 6.07) is 1.85. The van der Waals surface area contributed by atoms with Crippen LogP contribution in [0.1, 0.15) is 34.1 Å². The Balaban J connectivity index is 0. The second-order valence-corrected chi connectivity index (χ2v) is 5.07. The summed E-state index contributed by atoms with van der Waals surface area (Å²) in [6.07, 6.45) is 0.262. The van der Waals surface area contributed by atoms with Crippen molar-refractivity contribution in [3.8, 4) is 6.07 Å². The fraction of sp³-hybridized carbons (Fsp3) is 0.889. The molecule has 0 saturated carbocycles. The predicted octanol–water partition coefficient (Wildman–Crippen LogP) is 3.18. The van der Waals surface area contributed by atoms with Crippen molar-refractivity contribution in [3.05, 3.63) is 0 Å². The monoisotopic (exact) mass is 254 g/mol. The molecule has 0 spiro atoms. The summed E-state index contributed by atoms with van der Waals surface area (Å²) in [5.41, 5.74) is 0. The smallest absolute Gasteiger partial charge is 0.268 e. The summed E-state index contributed by atoms with van der Waals surface area (Å²) in [6.45, 7) is 9.17. The first-order valence-corrected chi connectivity index (χ1v) is 6.39. The van der Waals surface area contributed by atoms with Crippen LogP contribution < -0.4 is 4.61 Å². The van der Waals surface area contributed by atoms with Crippen molar-refractivity contribution in [3.63, 3.8) is 0 Å². The van der Waals surface area contributed by atoms with Crippen LogP contribution in [0.25, 0.3) is 0 Å². The molecule has 0 aliphatic heterocycles. The van der Waals surface area contributed by atoms with Gasteiger partial charge in [0.15, 0.2) is 0 Å². The maximum absolute atomic E-state index is 8.57. The van der Waals surface area contributed by atoms with Gasteiger partial charge in [-0.15, -0.1) is 0 Å². The maximum Gasteiger partial charge on any atom is 0.268 e. The molecular formula is C9H20ClN2O2P. The highest BCUT2D eigenvalue weighted by Gasteiger charge is 1.99. The van der Waals surface area contributed by atoms with Crippen LogP contribution in [0.5, 0.6) is 0 Å². The molecule has 6 heteroatoms. The molecule has 0 aromatic heterocycles. The van der Waals surface area contributed by atoms with E-state index >= 15 is 0 Å². The van der Waals surface area contributed by atoms with E-state index in [0.29, 0.717) is 0 Å². The van der Waals surface area contributed by atoms with Crippen LogP contribution in [0.2, 0.25) is 0 Å². The fourth-order valence-corrected chi connectivity index (χ4v) is 0.662. The molecule has 1 unspecified atom stereocenters. The molecule has 0 aromatic carbocycles. The summed E-state index contributed by atoms with van der Waals surface area (Å²) in [5, 5.41) is 7.99. The number of nitriles is 1. The number of nitrogens with one attached hydrogen (secondary N) is 1. The second-order valence-electron chi connectivity index (χ2n) is 3.59. The SMILES string of the molecule is CC(C)C(C)C.N#CCCOP(O)NCl. The summed E-state index contributed by atoms with van der Waals surface area (Å²) in [5.74, 6) is 1.70. The zero-order valence-corrected chi connectivity index (χ0v) is 11.3. The Hall–Kier alpha value is 0.0900. The number of hydrogen-bond acceptors (Lipinski definition) is 4. The third-order valence-corrected chi connectivity index (χ3v) is 2.84. The van der Waals surface area contributed by atoms with Gasteiger partial charge in [-0.2, -0.15) is 9.87 Å². The number of halogens is 1. The van der Waals surface area contributed by atoms with Gasteiger partial charge in [0.2, 0.25) is 0 Å². The lowest BCUT2D eigenvalue weighted by molar-refractivity contribution is 0.315. The van der Waals surface area contributed by atoms with Crippen LogP contribution in [-0.4, -0.2) is 11.5 Å². The third-order valence-electron chi connectivity index (χ3n) is 1.83. The topological polar surface area (TPSA) is 65.3 Å². The van der Waals surface area contributed by atoms with Crippen LogP contribution in [-0.2, 0) is 4.52 Å². The van der Waals surface area contributed by atoms with E-state index in [1.165, 1.54) is 0 Å². The van der Waals surface area contributed by atoms with Crippen molar-refractivity contribution in [1.82, 2.24) is 4.61 Å². The molecule has 0 aliphatic rings. The molecule has 0 fully saturated rings. The molecule has 1 atom stereocenters. The largest absolute Gasteiger partial charge is 0.337 e. The Bertz CT molecular complexity index is 168. The molecule has 0 saturated heterocycles. The van der Waals surface area contributed by atoms with E-state index in [1.807, 2.05) is 10.7 Å². The van der Waals surface area contributed by atoms with Crippen LogP contribution in [0.15, 0.2) is 0 Å². The van der Waals surface area contributed by atoms with Crippen molar-refractivity contribution in [2.24, 2.45) is 11.8 Å². The van der Waals surface area contributed by atoms with Crippen LogP contribution in [0, 0.1) is 23.2 Å². The second kappa shape index (κ2) is 12.2. The van der Waals surface area contributed by atoms with Gasteiger partial charge in [-0.1, -0.05) is 27.7 Å². The normalized spacial score (nSPS) is 11.9. The van der Waals surface area contributed by atoms with Crippen molar-refractivity contribution < 1.29 is 9.42 Å². The van der Waals surface area contributed by atoms with Crippen molar-refractivity contribution >= 4 is 20.3 Å². The minimum absolute atomic E-state index is 0.207. The van der Waals surface area contributed by atoms with E-state index in [2.05, 4.69) is 32.2 Å². The highest BCUT2D eigenvalue weighted by atomic mass is 35.5. The molecule has 90 valence electrons. The first kappa shape index (κ1) is 17.5. The van der Waals surface area contributed by atoms with Crippen molar-refractivity contribution in [1.29, 1.82) is 5.26 Å². The Morgan fingerprint density at radius 1 is 1.40 bits per heavy atom. The van der Waals surface area contributed by atoms with Gasteiger partial charge >= 0.3 is 0 Å². The minimum atomic E-state index is -1.73.